The molecule has 3 rings (SSSR count). The highest BCUT2D eigenvalue weighted by molar-refractivity contribution is 7.86. The topological polar surface area (TPSA) is 43.4 Å². The molecule has 2 atom stereocenters. The SMILES string of the molecule is CC1CCCC(C)C1OS(=O)(=O)c1ccc2ccccc2c1. The number of fused-ring (bicyclic) bond motifs is 1. The van der Waals surface area contributed by atoms with Crippen LogP contribution in [0.5, 0.6) is 0 Å². The van der Waals surface area contributed by atoms with Gasteiger partial charge in [0.1, 0.15) is 0 Å². The molecule has 2 aromatic rings. The average molecular weight is 318 g/mol. The summed E-state index contributed by atoms with van der Waals surface area (Å²) >= 11 is 0. The monoisotopic (exact) mass is 318 g/mol. The van der Waals surface area contributed by atoms with Crippen molar-refractivity contribution < 1.29 is 12.6 Å². The van der Waals surface area contributed by atoms with Crippen molar-refractivity contribution in [2.24, 2.45) is 11.8 Å². The van der Waals surface area contributed by atoms with Crippen molar-refractivity contribution in [2.75, 3.05) is 0 Å². The van der Waals surface area contributed by atoms with Gasteiger partial charge in [0.15, 0.2) is 0 Å². The maximum atomic E-state index is 12.6. The van der Waals surface area contributed by atoms with E-state index >= 15 is 0 Å². The van der Waals surface area contributed by atoms with E-state index in [1.165, 1.54) is 0 Å². The maximum Gasteiger partial charge on any atom is 0.297 e. The Morgan fingerprint density at radius 3 is 2.27 bits per heavy atom. The molecule has 1 fully saturated rings. The van der Waals surface area contributed by atoms with Crippen LogP contribution in [0, 0.1) is 11.8 Å². The summed E-state index contributed by atoms with van der Waals surface area (Å²) in [7, 11) is -3.72. The summed E-state index contributed by atoms with van der Waals surface area (Å²) in [6.07, 6.45) is 2.99. The van der Waals surface area contributed by atoms with Crippen LogP contribution in [0.2, 0.25) is 0 Å². The molecule has 0 N–H and O–H groups in total. The normalized spacial score (nSPS) is 26.2. The highest BCUT2D eigenvalue weighted by Crippen LogP contribution is 2.33. The van der Waals surface area contributed by atoms with Crippen molar-refractivity contribution in [1.29, 1.82) is 0 Å². The molecule has 3 nitrogen and oxygen atoms in total. The Morgan fingerprint density at radius 2 is 1.59 bits per heavy atom. The first kappa shape index (κ1) is 15.5. The van der Waals surface area contributed by atoms with Crippen LogP contribution in [0.25, 0.3) is 10.8 Å². The third-order valence-electron chi connectivity index (χ3n) is 4.69. The average Bonchev–Trinajstić information content (AvgIpc) is 2.50. The molecule has 2 unspecified atom stereocenters. The summed E-state index contributed by atoms with van der Waals surface area (Å²) < 4.78 is 30.8. The number of rotatable bonds is 3. The molecule has 1 aliphatic carbocycles. The second-order valence-corrected chi connectivity index (χ2v) is 7.98. The zero-order chi connectivity index (χ0) is 15.7. The minimum absolute atomic E-state index is 0.217. The maximum absolute atomic E-state index is 12.6. The van der Waals surface area contributed by atoms with Gasteiger partial charge in [-0.05, 0) is 47.6 Å². The van der Waals surface area contributed by atoms with E-state index in [9.17, 15) is 8.42 Å². The van der Waals surface area contributed by atoms with Crippen LogP contribution in [-0.2, 0) is 14.3 Å². The van der Waals surface area contributed by atoms with Crippen LogP contribution in [0.15, 0.2) is 47.4 Å². The van der Waals surface area contributed by atoms with E-state index in [2.05, 4.69) is 13.8 Å². The Balaban J connectivity index is 1.90. The quantitative estimate of drug-likeness (QED) is 0.789. The van der Waals surface area contributed by atoms with Crippen molar-refractivity contribution in [1.82, 2.24) is 0 Å². The van der Waals surface area contributed by atoms with Crippen LogP contribution >= 0.6 is 0 Å². The summed E-state index contributed by atoms with van der Waals surface area (Å²) in [6, 6.07) is 12.9. The Labute approximate surface area is 132 Å². The van der Waals surface area contributed by atoms with Gasteiger partial charge in [-0.3, -0.25) is 4.18 Å². The lowest BCUT2D eigenvalue weighted by atomic mass is 9.81. The summed E-state index contributed by atoms with van der Waals surface area (Å²) in [5, 5.41) is 1.94. The van der Waals surface area contributed by atoms with E-state index in [-0.39, 0.29) is 22.8 Å². The second-order valence-electron chi connectivity index (χ2n) is 6.41. The highest BCUT2D eigenvalue weighted by Gasteiger charge is 2.33. The molecule has 0 radical (unpaired) electrons. The Bertz CT molecular complexity index is 757. The van der Waals surface area contributed by atoms with Crippen LogP contribution in [0.4, 0.5) is 0 Å². The van der Waals surface area contributed by atoms with Gasteiger partial charge in [0, 0.05) is 0 Å². The highest BCUT2D eigenvalue weighted by atomic mass is 32.2. The second kappa shape index (κ2) is 6.01. The van der Waals surface area contributed by atoms with Gasteiger partial charge in [-0.15, -0.1) is 0 Å². The van der Waals surface area contributed by atoms with E-state index < -0.39 is 10.1 Å². The van der Waals surface area contributed by atoms with E-state index in [1.807, 2.05) is 30.3 Å². The Kier molecular flexibility index (Phi) is 4.24. The van der Waals surface area contributed by atoms with Gasteiger partial charge < -0.3 is 0 Å². The lowest BCUT2D eigenvalue weighted by Gasteiger charge is -2.33. The molecule has 0 bridgehead atoms. The van der Waals surface area contributed by atoms with Crippen molar-refractivity contribution in [3.63, 3.8) is 0 Å². The standard InChI is InChI=1S/C18H22O3S/c1-13-6-5-7-14(2)18(13)21-22(19,20)17-11-10-15-8-3-4-9-16(15)12-17/h3-4,8-14,18H,5-7H2,1-2H3. The lowest BCUT2D eigenvalue weighted by molar-refractivity contribution is 0.0610. The van der Waals surface area contributed by atoms with Crippen molar-refractivity contribution >= 4 is 20.9 Å². The summed E-state index contributed by atoms with van der Waals surface area (Å²) in [6.45, 7) is 4.16. The number of hydrogen-bond acceptors (Lipinski definition) is 3. The Morgan fingerprint density at radius 1 is 0.955 bits per heavy atom. The van der Waals surface area contributed by atoms with Crippen LogP contribution in [0.1, 0.15) is 33.1 Å². The van der Waals surface area contributed by atoms with Crippen molar-refractivity contribution in [2.45, 2.75) is 44.1 Å². The molecule has 1 saturated carbocycles. The van der Waals surface area contributed by atoms with Crippen molar-refractivity contribution in [3.8, 4) is 0 Å². The van der Waals surface area contributed by atoms with E-state index in [4.69, 9.17) is 4.18 Å². The predicted molar refractivity (Wildman–Crippen MR) is 88.2 cm³/mol. The van der Waals surface area contributed by atoms with Gasteiger partial charge in [0.2, 0.25) is 0 Å². The van der Waals surface area contributed by atoms with Gasteiger partial charge in [-0.2, -0.15) is 8.42 Å². The van der Waals surface area contributed by atoms with Crippen molar-refractivity contribution in [3.05, 3.63) is 42.5 Å². The fraction of sp³-hybridized carbons (Fsp3) is 0.444. The molecular weight excluding hydrogens is 296 g/mol. The third kappa shape index (κ3) is 3.03. The smallest absolute Gasteiger partial charge is 0.262 e. The largest absolute Gasteiger partial charge is 0.297 e. The van der Waals surface area contributed by atoms with E-state index in [1.54, 1.807) is 12.1 Å². The molecule has 118 valence electrons. The van der Waals surface area contributed by atoms with Gasteiger partial charge >= 0.3 is 0 Å². The molecular formula is C18H22O3S. The van der Waals surface area contributed by atoms with Crippen LogP contribution in [0.3, 0.4) is 0 Å². The molecule has 22 heavy (non-hydrogen) atoms. The first-order valence-corrected chi connectivity index (χ1v) is 9.30. The van der Waals surface area contributed by atoms with E-state index in [0.717, 1.165) is 30.0 Å². The predicted octanol–water partition coefficient (Wildman–Crippen LogP) is 4.37. The third-order valence-corrected chi connectivity index (χ3v) is 5.99. The van der Waals surface area contributed by atoms with Gasteiger partial charge in [0.25, 0.3) is 10.1 Å². The molecule has 1 aliphatic rings. The van der Waals surface area contributed by atoms with Gasteiger partial charge in [-0.1, -0.05) is 50.6 Å². The van der Waals surface area contributed by atoms with Crippen LogP contribution < -0.4 is 0 Å². The fourth-order valence-corrected chi connectivity index (χ4v) is 4.65. The summed E-state index contributed by atoms with van der Waals surface area (Å²) in [4.78, 5) is 0.246. The fourth-order valence-electron chi connectivity index (χ4n) is 3.37. The molecule has 0 spiro atoms. The molecule has 0 amide bonds. The van der Waals surface area contributed by atoms with E-state index in [0.29, 0.717) is 0 Å². The number of hydrogen-bond donors (Lipinski definition) is 0. The van der Waals surface area contributed by atoms with Crippen LogP contribution in [-0.4, -0.2) is 14.5 Å². The van der Waals surface area contributed by atoms with Gasteiger partial charge in [-0.25, -0.2) is 0 Å². The Hall–Kier alpha value is -1.39. The molecule has 0 aromatic heterocycles. The molecule has 0 saturated heterocycles. The molecule has 0 heterocycles. The zero-order valence-corrected chi connectivity index (χ0v) is 13.8. The molecule has 4 heteroatoms. The summed E-state index contributed by atoms with van der Waals surface area (Å²) in [5.74, 6) is 0.554. The first-order valence-electron chi connectivity index (χ1n) is 7.89. The van der Waals surface area contributed by atoms with Gasteiger partial charge in [0.05, 0.1) is 11.0 Å². The minimum Gasteiger partial charge on any atom is -0.262 e. The number of benzene rings is 2. The molecule has 0 aliphatic heterocycles. The minimum atomic E-state index is -3.72. The zero-order valence-electron chi connectivity index (χ0n) is 13.0. The first-order chi connectivity index (χ1) is 10.5. The lowest BCUT2D eigenvalue weighted by Crippen LogP contribution is -2.34. The molecule has 2 aromatic carbocycles. The summed E-state index contributed by atoms with van der Waals surface area (Å²) in [5.41, 5.74) is 0.